The third-order valence-corrected chi connectivity index (χ3v) is 6.01. The molecule has 0 radical (unpaired) electrons. The van der Waals surface area contributed by atoms with Crippen LogP contribution in [0.15, 0.2) is 24.4 Å². The first-order chi connectivity index (χ1) is 9.47. The maximum absolute atomic E-state index is 12.5. The van der Waals surface area contributed by atoms with Crippen molar-refractivity contribution in [3.63, 3.8) is 0 Å². The van der Waals surface area contributed by atoms with Crippen molar-refractivity contribution in [1.82, 2.24) is 9.88 Å². The van der Waals surface area contributed by atoms with E-state index < -0.39 is 9.84 Å². The molecule has 2 aliphatic rings. The average molecular weight is 294 g/mol. The number of rotatable bonds is 2. The Balaban J connectivity index is 1.83. The summed E-state index contributed by atoms with van der Waals surface area (Å²) in [5.74, 6) is -0.0648. The lowest BCUT2D eigenvalue weighted by Gasteiger charge is -2.38. The molecule has 2 fully saturated rings. The number of hydrogen-bond donors (Lipinski definition) is 0. The number of carbonyl (C=O) groups excluding carboxylic acids is 1. The van der Waals surface area contributed by atoms with Crippen LogP contribution in [0, 0.1) is 0 Å². The number of nitrogens with zero attached hydrogens (tertiary/aromatic N) is 2. The highest BCUT2D eigenvalue weighted by molar-refractivity contribution is 7.91. The third kappa shape index (κ3) is 2.32. The van der Waals surface area contributed by atoms with Crippen molar-refractivity contribution < 1.29 is 13.2 Å². The van der Waals surface area contributed by atoms with Gasteiger partial charge in [0.1, 0.15) is 15.5 Å². The molecule has 2 atom stereocenters. The molecule has 1 aromatic rings. The predicted molar refractivity (Wildman–Crippen MR) is 75.1 cm³/mol. The number of aromatic nitrogens is 1. The Kier molecular flexibility index (Phi) is 3.28. The summed E-state index contributed by atoms with van der Waals surface area (Å²) < 4.78 is 23.5. The van der Waals surface area contributed by atoms with E-state index in [0.29, 0.717) is 18.5 Å². The molecule has 3 heterocycles. The number of sulfone groups is 1. The van der Waals surface area contributed by atoms with Gasteiger partial charge in [0.2, 0.25) is 0 Å². The minimum atomic E-state index is -3.02. The fourth-order valence-electron chi connectivity index (χ4n) is 3.43. The third-order valence-electron chi connectivity index (χ3n) is 4.41. The minimum Gasteiger partial charge on any atom is -0.331 e. The first-order valence-corrected chi connectivity index (χ1v) is 8.85. The lowest BCUT2D eigenvalue weighted by Crippen LogP contribution is -2.49. The largest absolute Gasteiger partial charge is 0.331 e. The maximum atomic E-state index is 12.5. The van der Waals surface area contributed by atoms with E-state index in [4.69, 9.17) is 0 Å². The average Bonchev–Trinajstić information content (AvgIpc) is 2.67. The zero-order valence-corrected chi connectivity index (χ0v) is 12.2. The topological polar surface area (TPSA) is 67.3 Å². The molecule has 2 unspecified atom stereocenters. The first kappa shape index (κ1) is 13.5. The molecule has 2 bridgehead atoms. The fourth-order valence-corrected chi connectivity index (χ4v) is 4.57. The van der Waals surface area contributed by atoms with Gasteiger partial charge in [0.05, 0.1) is 5.25 Å². The molecule has 0 N–H and O–H groups in total. The Bertz CT molecular complexity index is 601. The fraction of sp³-hybridized carbons (Fsp3) is 0.571. The smallest absolute Gasteiger partial charge is 0.272 e. The van der Waals surface area contributed by atoms with Gasteiger partial charge in [-0.25, -0.2) is 8.42 Å². The van der Waals surface area contributed by atoms with Gasteiger partial charge in [-0.3, -0.25) is 9.78 Å². The summed E-state index contributed by atoms with van der Waals surface area (Å²) >= 11 is 0. The quantitative estimate of drug-likeness (QED) is 0.823. The van der Waals surface area contributed by atoms with Crippen LogP contribution in [0.4, 0.5) is 0 Å². The van der Waals surface area contributed by atoms with Gasteiger partial charge in [0.25, 0.3) is 5.91 Å². The molecule has 6 heteroatoms. The Morgan fingerprint density at radius 3 is 2.40 bits per heavy atom. The lowest BCUT2D eigenvalue weighted by molar-refractivity contribution is 0.0592. The molecular weight excluding hydrogens is 276 g/mol. The highest BCUT2D eigenvalue weighted by Crippen LogP contribution is 2.38. The monoisotopic (exact) mass is 294 g/mol. The van der Waals surface area contributed by atoms with Gasteiger partial charge in [0.15, 0.2) is 0 Å². The maximum Gasteiger partial charge on any atom is 0.272 e. The van der Waals surface area contributed by atoms with E-state index in [2.05, 4.69) is 4.98 Å². The van der Waals surface area contributed by atoms with Crippen LogP contribution in [0.1, 0.15) is 36.2 Å². The molecular formula is C14H18N2O3S. The van der Waals surface area contributed by atoms with Crippen LogP contribution in [0.25, 0.3) is 0 Å². The van der Waals surface area contributed by atoms with Crippen molar-refractivity contribution in [3.05, 3.63) is 30.1 Å². The van der Waals surface area contributed by atoms with Crippen molar-refractivity contribution in [2.24, 2.45) is 0 Å². The summed E-state index contributed by atoms with van der Waals surface area (Å²) in [6.07, 6.45) is 5.83. The number of hydrogen-bond acceptors (Lipinski definition) is 4. The van der Waals surface area contributed by atoms with Crippen molar-refractivity contribution >= 4 is 15.7 Å². The zero-order chi connectivity index (χ0) is 14.3. The number of carbonyl (C=O) groups is 1. The second-order valence-corrected chi connectivity index (χ2v) is 8.06. The van der Waals surface area contributed by atoms with Crippen molar-refractivity contribution in [2.45, 2.75) is 43.0 Å². The summed E-state index contributed by atoms with van der Waals surface area (Å²) in [6, 6.07) is 5.38. The molecule has 1 amide bonds. The zero-order valence-electron chi connectivity index (χ0n) is 11.4. The number of fused-ring (bicyclic) bond motifs is 2. The molecule has 0 aromatic carbocycles. The molecule has 20 heavy (non-hydrogen) atoms. The van der Waals surface area contributed by atoms with Crippen LogP contribution in [-0.4, -0.2) is 47.8 Å². The molecule has 108 valence electrons. The second kappa shape index (κ2) is 4.84. The van der Waals surface area contributed by atoms with Crippen LogP contribution in [0.5, 0.6) is 0 Å². The summed E-state index contributed by atoms with van der Waals surface area (Å²) in [7, 11) is -3.02. The van der Waals surface area contributed by atoms with Crippen LogP contribution < -0.4 is 0 Å². The van der Waals surface area contributed by atoms with E-state index in [0.717, 1.165) is 12.8 Å². The number of amides is 1. The number of pyridine rings is 1. The Labute approximate surface area is 118 Å². The highest BCUT2D eigenvalue weighted by Gasteiger charge is 2.46. The molecule has 0 aliphatic carbocycles. The lowest BCUT2D eigenvalue weighted by atomic mass is 10.0. The minimum absolute atomic E-state index is 0.0444. The van der Waals surface area contributed by atoms with Gasteiger partial charge in [0, 0.05) is 24.5 Å². The van der Waals surface area contributed by atoms with E-state index in [1.807, 2.05) is 4.90 Å². The van der Waals surface area contributed by atoms with Crippen LogP contribution in [-0.2, 0) is 9.84 Å². The summed E-state index contributed by atoms with van der Waals surface area (Å²) in [6.45, 7) is 0. The van der Waals surface area contributed by atoms with Crippen molar-refractivity contribution in [2.75, 3.05) is 6.26 Å². The van der Waals surface area contributed by atoms with Gasteiger partial charge < -0.3 is 4.90 Å². The van der Waals surface area contributed by atoms with E-state index in [9.17, 15) is 13.2 Å². The Hall–Kier alpha value is -1.43. The summed E-state index contributed by atoms with van der Waals surface area (Å²) in [4.78, 5) is 18.5. The van der Waals surface area contributed by atoms with Gasteiger partial charge in [-0.05, 0) is 37.8 Å². The molecule has 3 rings (SSSR count). The Morgan fingerprint density at radius 1 is 1.25 bits per heavy atom. The van der Waals surface area contributed by atoms with E-state index in [-0.39, 0.29) is 23.2 Å². The van der Waals surface area contributed by atoms with Gasteiger partial charge >= 0.3 is 0 Å². The standard InChI is InChI=1S/C14H18N2O3S/c1-20(18,19)12-8-10-5-6-11(9-12)16(10)14(17)13-4-2-3-7-15-13/h2-4,7,10-12H,5-6,8-9H2,1H3. The molecule has 1 aromatic heterocycles. The normalized spacial score (nSPS) is 29.4. The molecule has 2 aliphatic heterocycles. The van der Waals surface area contributed by atoms with Crippen molar-refractivity contribution in [3.8, 4) is 0 Å². The van der Waals surface area contributed by atoms with E-state index >= 15 is 0 Å². The second-order valence-electron chi connectivity index (χ2n) is 5.74. The van der Waals surface area contributed by atoms with Crippen LogP contribution >= 0.6 is 0 Å². The molecule has 2 saturated heterocycles. The summed E-state index contributed by atoms with van der Waals surface area (Å²) in [5.41, 5.74) is 0.446. The Morgan fingerprint density at radius 2 is 1.90 bits per heavy atom. The predicted octanol–water partition coefficient (Wildman–Crippen LogP) is 1.26. The van der Waals surface area contributed by atoms with E-state index in [1.165, 1.54) is 6.26 Å². The molecule has 0 spiro atoms. The van der Waals surface area contributed by atoms with E-state index in [1.54, 1.807) is 24.4 Å². The van der Waals surface area contributed by atoms with Gasteiger partial charge in [-0.15, -0.1) is 0 Å². The van der Waals surface area contributed by atoms with Gasteiger partial charge in [-0.2, -0.15) is 0 Å². The van der Waals surface area contributed by atoms with Crippen molar-refractivity contribution in [1.29, 1.82) is 0 Å². The number of piperidine rings is 1. The molecule has 0 saturated carbocycles. The molecule has 5 nitrogen and oxygen atoms in total. The van der Waals surface area contributed by atoms with Gasteiger partial charge in [-0.1, -0.05) is 6.07 Å². The van der Waals surface area contributed by atoms with Crippen LogP contribution in [0.2, 0.25) is 0 Å². The summed E-state index contributed by atoms with van der Waals surface area (Å²) in [5, 5.41) is -0.298. The van der Waals surface area contributed by atoms with Crippen LogP contribution in [0.3, 0.4) is 0 Å². The first-order valence-electron chi connectivity index (χ1n) is 6.89. The highest BCUT2D eigenvalue weighted by atomic mass is 32.2. The SMILES string of the molecule is CS(=O)(=O)C1CC2CCC(C1)N2C(=O)c1ccccn1.